The number of hydrogen-bond acceptors (Lipinski definition) is 5. The van der Waals surface area contributed by atoms with E-state index in [0.717, 1.165) is 5.56 Å². The van der Waals surface area contributed by atoms with Gasteiger partial charge < -0.3 is 9.47 Å². The molecule has 0 aliphatic carbocycles. The van der Waals surface area contributed by atoms with E-state index in [0.29, 0.717) is 25.4 Å². The van der Waals surface area contributed by atoms with Crippen molar-refractivity contribution in [3.8, 4) is 5.75 Å². The maximum Gasteiger partial charge on any atom is 0.243 e. The summed E-state index contributed by atoms with van der Waals surface area (Å²) in [5.41, 5.74) is 0.965. The van der Waals surface area contributed by atoms with Gasteiger partial charge in [0, 0.05) is 26.3 Å². The molecule has 0 amide bonds. The number of ether oxygens (including phenoxy) is 2. The molecule has 0 bridgehead atoms. The Hall–Kier alpha value is -1.41. The maximum absolute atomic E-state index is 12.9. The van der Waals surface area contributed by atoms with Crippen LogP contribution in [0.2, 0.25) is 0 Å². The molecule has 0 saturated carbocycles. The zero-order valence-corrected chi connectivity index (χ0v) is 14.2. The van der Waals surface area contributed by atoms with Gasteiger partial charge in [0.1, 0.15) is 5.75 Å². The molecule has 0 N–H and O–H groups in total. The summed E-state index contributed by atoms with van der Waals surface area (Å²) in [6.45, 7) is 0.964. The number of hydrogen-bond donors (Lipinski definition) is 0. The highest BCUT2D eigenvalue weighted by molar-refractivity contribution is 7.89. The summed E-state index contributed by atoms with van der Waals surface area (Å²) in [5, 5.41) is 3.88. The summed E-state index contributed by atoms with van der Waals surface area (Å²) in [5.74, 6) is 0.517. The van der Waals surface area contributed by atoms with Crippen LogP contribution in [0, 0.1) is 0 Å². The summed E-state index contributed by atoms with van der Waals surface area (Å²) in [4.78, 5) is 0.221. The van der Waals surface area contributed by atoms with Crippen LogP contribution < -0.4 is 4.74 Å². The molecule has 0 radical (unpaired) electrons. The molecule has 1 aromatic carbocycles. The number of methoxy groups -OCH3 is 2. The van der Waals surface area contributed by atoms with Crippen LogP contribution in [0.5, 0.6) is 5.75 Å². The second-order valence-corrected chi connectivity index (χ2v) is 7.36. The van der Waals surface area contributed by atoms with E-state index in [1.54, 1.807) is 36.6 Å². The van der Waals surface area contributed by atoms with Crippen molar-refractivity contribution in [2.75, 3.05) is 27.4 Å². The lowest BCUT2D eigenvalue weighted by Crippen LogP contribution is -2.33. The van der Waals surface area contributed by atoms with Gasteiger partial charge in [0.15, 0.2) is 0 Å². The summed E-state index contributed by atoms with van der Waals surface area (Å²) in [6.07, 6.45) is 0. The Morgan fingerprint density at radius 2 is 2.05 bits per heavy atom. The number of nitrogens with zero attached hydrogens (tertiary/aromatic N) is 1. The minimum atomic E-state index is -3.60. The molecule has 0 fully saturated rings. The molecular formula is C15H19NO4S2. The first-order valence-corrected chi connectivity index (χ1v) is 9.10. The van der Waals surface area contributed by atoms with E-state index in [1.807, 2.05) is 16.8 Å². The molecule has 0 unspecified atom stereocenters. The third-order valence-corrected chi connectivity index (χ3v) is 5.74. The number of rotatable bonds is 8. The van der Waals surface area contributed by atoms with E-state index < -0.39 is 10.0 Å². The first kappa shape index (κ1) is 17.0. The van der Waals surface area contributed by atoms with Crippen LogP contribution in [0.15, 0.2) is 46.0 Å². The van der Waals surface area contributed by atoms with Crippen molar-refractivity contribution in [3.63, 3.8) is 0 Å². The van der Waals surface area contributed by atoms with Crippen LogP contribution in [0.1, 0.15) is 5.56 Å². The van der Waals surface area contributed by atoms with Gasteiger partial charge in [-0.3, -0.25) is 0 Å². The van der Waals surface area contributed by atoms with Gasteiger partial charge in [0.2, 0.25) is 10.0 Å². The largest absolute Gasteiger partial charge is 0.497 e. The third kappa shape index (κ3) is 4.07. The van der Waals surface area contributed by atoms with Crippen LogP contribution in [-0.2, 0) is 21.3 Å². The zero-order valence-electron chi connectivity index (χ0n) is 12.6. The molecular weight excluding hydrogens is 322 g/mol. The van der Waals surface area contributed by atoms with Crippen molar-refractivity contribution >= 4 is 21.4 Å². The molecule has 0 aliphatic heterocycles. The van der Waals surface area contributed by atoms with Crippen molar-refractivity contribution in [2.24, 2.45) is 0 Å². The summed E-state index contributed by atoms with van der Waals surface area (Å²) in [6, 6.07) is 8.42. The lowest BCUT2D eigenvalue weighted by atomic mass is 10.3. The molecule has 2 rings (SSSR count). The maximum atomic E-state index is 12.9. The SMILES string of the molecule is COCCN(Cc1ccsc1)S(=O)(=O)c1cccc(OC)c1. The van der Waals surface area contributed by atoms with Gasteiger partial charge in [-0.1, -0.05) is 6.07 Å². The Morgan fingerprint density at radius 3 is 2.68 bits per heavy atom. The Kier molecular flexibility index (Phi) is 5.96. The first-order valence-electron chi connectivity index (χ1n) is 6.72. The van der Waals surface area contributed by atoms with Crippen molar-refractivity contribution in [1.29, 1.82) is 0 Å². The predicted molar refractivity (Wildman–Crippen MR) is 86.8 cm³/mol. The van der Waals surface area contributed by atoms with Crippen LogP contribution in [0.25, 0.3) is 0 Å². The third-order valence-electron chi connectivity index (χ3n) is 3.16. The quantitative estimate of drug-likeness (QED) is 0.740. The van der Waals surface area contributed by atoms with Gasteiger partial charge in [0.25, 0.3) is 0 Å². The molecule has 0 aliphatic rings. The van der Waals surface area contributed by atoms with Gasteiger partial charge in [-0.25, -0.2) is 8.42 Å². The Balaban J connectivity index is 2.30. The Labute approximate surface area is 135 Å². The average molecular weight is 341 g/mol. The molecule has 0 saturated heterocycles. The van der Waals surface area contributed by atoms with E-state index in [-0.39, 0.29) is 4.90 Å². The normalized spacial score (nSPS) is 11.8. The monoisotopic (exact) mass is 341 g/mol. The highest BCUT2D eigenvalue weighted by atomic mass is 32.2. The first-order chi connectivity index (χ1) is 10.6. The van der Waals surface area contributed by atoms with Gasteiger partial charge in [0.05, 0.1) is 18.6 Å². The van der Waals surface area contributed by atoms with Crippen molar-refractivity contribution < 1.29 is 17.9 Å². The molecule has 2 aromatic rings. The molecule has 22 heavy (non-hydrogen) atoms. The fraction of sp³-hybridized carbons (Fsp3) is 0.333. The lowest BCUT2D eigenvalue weighted by Gasteiger charge is -2.21. The van der Waals surface area contributed by atoms with Gasteiger partial charge >= 0.3 is 0 Å². The van der Waals surface area contributed by atoms with Crippen LogP contribution >= 0.6 is 11.3 Å². The standard InChI is InChI=1S/C15H19NO4S2/c1-19-8-7-16(11-13-6-9-21-12-13)22(17,18)15-5-3-4-14(10-15)20-2/h3-6,9-10,12H,7-8,11H2,1-2H3. The number of benzene rings is 1. The van der Waals surface area contributed by atoms with Crippen LogP contribution in [0.3, 0.4) is 0 Å². The Morgan fingerprint density at radius 1 is 1.23 bits per heavy atom. The zero-order chi connectivity index (χ0) is 16.0. The summed E-state index contributed by atoms with van der Waals surface area (Å²) >= 11 is 1.55. The minimum absolute atomic E-state index is 0.221. The van der Waals surface area contributed by atoms with Crippen LogP contribution in [0.4, 0.5) is 0 Å². The highest BCUT2D eigenvalue weighted by Gasteiger charge is 2.25. The van der Waals surface area contributed by atoms with E-state index in [9.17, 15) is 8.42 Å². The molecule has 1 aromatic heterocycles. The summed E-state index contributed by atoms with van der Waals surface area (Å²) < 4.78 is 37.3. The van der Waals surface area contributed by atoms with Crippen LogP contribution in [-0.4, -0.2) is 40.1 Å². The molecule has 120 valence electrons. The molecule has 0 spiro atoms. The molecule has 0 atom stereocenters. The lowest BCUT2D eigenvalue weighted by molar-refractivity contribution is 0.177. The second-order valence-electron chi connectivity index (χ2n) is 4.64. The predicted octanol–water partition coefficient (Wildman–Crippen LogP) is 2.59. The average Bonchev–Trinajstić information content (AvgIpc) is 3.04. The highest BCUT2D eigenvalue weighted by Crippen LogP contribution is 2.22. The minimum Gasteiger partial charge on any atom is -0.497 e. The van der Waals surface area contributed by atoms with Crippen molar-refractivity contribution in [3.05, 3.63) is 46.7 Å². The number of sulfonamides is 1. The smallest absolute Gasteiger partial charge is 0.243 e. The van der Waals surface area contributed by atoms with E-state index in [4.69, 9.17) is 9.47 Å². The van der Waals surface area contributed by atoms with Gasteiger partial charge in [-0.05, 0) is 34.5 Å². The topological polar surface area (TPSA) is 55.8 Å². The second kappa shape index (κ2) is 7.73. The Bertz CT molecular complexity index is 683. The van der Waals surface area contributed by atoms with Crippen molar-refractivity contribution in [1.82, 2.24) is 4.31 Å². The number of thiophene rings is 1. The molecule has 1 heterocycles. The van der Waals surface area contributed by atoms with E-state index in [1.165, 1.54) is 17.5 Å². The fourth-order valence-corrected chi connectivity index (χ4v) is 4.08. The van der Waals surface area contributed by atoms with E-state index in [2.05, 4.69) is 0 Å². The fourth-order valence-electron chi connectivity index (χ4n) is 1.97. The molecule has 5 nitrogen and oxygen atoms in total. The molecule has 7 heteroatoms. The van der Waals surface area contributed by atoms with Crippen molar-refractivity contribution in [2.45, 2.75) is 11.4 Å². The van der Waals surface area contributed by atoms with E-state index >= 15 is 0 Å². The van der Waals surface area contributed by atoms with Gasteiger partial charge in [-0.2, -0.15) is 15.6 Å². The summed E-state index contributed by atoms with van der Waals surface area (Å²) in [7, 11) is -0.534. The van der Waals surface area contributed by atoms with Gasteiger partial charge in [-0.15, -0.1) is 0 Å².